The zero-order chi connectivity index (χ0) is 14.1. The minimum absolute atomic E-state index is 0.274. The summed E-state index contributed by atoms with van der Waals surface area (Å²) in [4.78, 5) is 24.6. The lowest BCUT2D eigenvalue weighted by molar-refractivity contribution is 0.0867. The average Bonchev–Trinajstić information content (AvgIpc) is 2.37. The number of aryl methyl sites for hydroxylation is 2. The first-order chi connectivity index (χ1) is 8.54. The molecule has 1 heterocycles. The second-order valence-electron chi connectivity index (χ2n) is 3.75. The summed E-state index contributed by atoms with van der Waals surface area (Å²) in [5.74, 6) is 0. The first kappa shape index (κ1) is 16.6. The molecule has 0 fully saturated rings. The highest BCUT2D eigenvalue weighted by atomic mass is 16.3. The number of rotatable bonds is 5. The van der Waals surface area contributed by atoms with Crippen molar-refractivity contribution in [1.29, 1.82) is 0 Å². The standard InChI is InChI=1S/C10H16N2O4.C2H6/c1-12-5-7(9(15)11-10(12)16)3-2-4-8(14)6-13;1-2/h5,8,13-14H,2-4,6H2,1H3,(H,11,15,16);1-2H3. The summed E-state index contributed by atoms with van der Waals surface area (Å²) in [7, 11) is 1.56. The lowest BCUT2D eigenvalue weighted by Gasteiger charge is -2.06. The van der Waals surface area contributed by atoms with Crippen molar-refractivity contribution in [2.24, 2.45) is 7.05 Å². The van der Waals surface area contributed by atoms with Gasteiger partial charge in [0.2, 0.25) is 0 Å². The first-order valence-corrected chi connectivity index (χ1v) is 6.12. The first-order valence-electron chi connectivity index (χ1n) is 6.12. The van der Waals surface area contributed by atoms with Crippen molar-refractivity contribution in [3.05, 3.63) is 32.6 Å². The van der Waals surface area contributed by atoms with E-state index in [1.165, 1.54) is 10.8 Å². The van der Waals surface area contributed by atoms with Gasteiger partial charge < -0.3 is 14.8 Å². The van der Waals surface area contributed by atoms with Crippen LogP contribution < -0.4 is 11.2 Å². The lowest BCUT2D eigenvalue weighted by Crippen LogP contribution is -2.30. The Morgan fingerprint density at radius 3 is 2.56 bits per heavy atom. The van der Waals surface area contributed by atoms with E-state index in [0.29, 0.717) is 24.8 Å². The third-order valence-corrected chi connectivity index (χ3v) is 2.38. The van der Waals surface area contributed by atoms with Gasteiger partial charge in [-0.2, -0.15) is 0 Å². The fourth-order valence-corrected chi connectivity index (χ4v) is 1.41. The minimum atomic E-state index is -0.744. The van der Waals surface area contributed by atoms with Gasteiger partial charge in [0.15, 0.2) is 0 Å². The van der Waals surface area contributed by atoms with Crippen molar-refractivity contribution < 1.29 is 10.2 Å². The smallest absolute Gasteiger partial charge is 0.328 e. The Bertz CT molecular complexity index is 450. The van der Waals surface area contributed by atoms with Gasteiger partial charge in [-0.1, -0.05) is 13.8 Å². The molecular weight excluding hydrogens is 236 g/mol. The van der Waals surface area contributed by atoms with E-state index in [1.807, 2.05) is 13.8 Å². The molecule has 1 aromatic rings. The van der Waals surface area contributed by atoms with Crippen LogP contribution in [-0.4, -0.2) is 32.5 Å². The molecule has 6 heteroatoms. The van der Waals surface area contributed by atoms with Crippen LogP contribution in [0.5, 0.6) is 0 Å². The van der Waals surface area contributed by atoms with E-state index >= 15 is 0 Å². The maximum atomic E-state index is 11.4. The second kappa shape index (κ2) is 8.66. The summed E-state index contributed by atoms with van der Waals surface area (Å²) in [6.07, 6.45) is 2.24. The van der Waals surface area contributed by atoms with Gasteiger partial charge in [-0.25, -0.2) is 4.79 Å². The Morgan fingerprint density at radius 1 is 1.39 bits per heavy atom. The van der Waals surface area contributed by atoms with Gasteiger partial charge in [0.25, 0.3) is 5.56 Å². The van der Waals surface area contributed by atoms with Crippen molar-refractivity contribution in [1.82, 2.24) is 9.55 Å². The van der Waals surface area contributed by atoms with Crippen LogP contribution >= 0.6 is 0 Å². The summed E-state index contributed by atoms with van der Waals surface area (Å²) in [6, 6.07) is 0. The SMILES string of the molecule is CC.Cn1cc(CCCC(O)CO)c(=O)[nH]c1=O. The Balaban J connectivity index is 0.00000137. The highest BCUT2D eigenvalue weighted by Gasteiger charge is 2.05. The Morgan fingerprint density at radius 2 is 2.00 bits per heavy atom. The summed E-state index contributed by atoms with van der Waals surface area (Å²) >= 11 is 0. The molecule has 3 N–H and O–H groups in total. The van der Waals surface area contributed by atoms with E-state index in [1.54, 1.807) is 7.05 Å². The second-order valence-corrected chi connectivity index (χ2v) is 3.75. The van der Waals surface area contributed by atoms with Crippen molar-refractivity contribution >= 4 is 0 Å². The zero-order valence-electron chi connectivity index (χ0n) is 11.1. The van der Waals surface area contributed by atoms with Crippen LogP contribution in [0.3, 0.4) is 0 Å². The van der Waals surface area contributed by atoms with Crippen LogP contribution in [0.2, 0.25) is 0 Å². The largest absolute Gasteiger partial charge is 0.394 e. The van der Waals surface area contributed by atoms with Gasteiger partial charge in [-0.3, -0.25) is 9.78 Å². The number of hydrogen-bond donors (Lipinski definition) is 3. The van der Waals surface area contributed by atoms with Crippen LogP contribution in [-0.2, 0) is 13.5 Å². The highest BCUT2D eigenvalue weighted by molar-refractivity contribution is 5.04. The van der Waals surface area contributed by atoms with E-state index in [0.717, 1.165) is 0 Å². The van der Waals surface area contributed by atoms with Gasteiger partial charge in [0.05, 0.1) is 12.7 Å². The van der Waals surface area contributed by atoms with E-state index in [4.69, 9.17) is 10.2 Å². The molecule has 0 radical (unpaired) electrons. The van der Waals surface area contributed by atoms with E-state index < -0.39 is 11.8 Å². The van der Waals surface area contributed by atoms with Crippen molar-refractivity contribution in [2.45, 2.75) is 39.2 Å². The topological polar surface area (TPSA) is 95.3 Å². The van der Waals surface area contributed by atoms with Crippen molar-refractivity contribution in [3.8, 4) is 0 Å². The molecule has 6 nitrogen and oxygen atoms in total. The molecule has 0 bridgehead atoms. The van der Waals surface area contributed by atoms with Gasteiger partial charge in [-0.15, -0.1) is 0 Å². The Kier molecular flexibility index (Phi) is 7.98. The molecule has 104 valence electrons. The molecule has 0 aromatic carbocycles. The summed E-state index contributed by atoms with van der Waals surface area (Å²) in [5.41, 5.74) is -0.321. The number of H-pyrrole nitrogens is 1. The molecule has 0 aliphatic carbocycles. The molecule has 0 aliphatic rings. The van der Waals surface area contributed by atoms with E-state index in [2.05, 4.69) is 4.98 Å². The summed E-state index contributed by atoms with van der Waals surface area (Å²) in [6.45, 7) is 3.73. The Hall–Kier alpha value is -1.40. The number of hydrogen-bond acceptors (Lipinski definition) is 4. The van der Waals surface area contributed by atoms with E-state index in [-0.39, 0.29) is 12.2 Å². The molecule has 1 atom stereocenters. The minimum Gasteiger partial charge on any atom is -0.394 e. The van der Waals surface area contributed by atoms with Crippen LogP contribution in [0, 0.1) is 0 Å². The number of aliphatic hydroxyl groups is 2. The molecular formula is C12H22N2O4. The molecule has 0 saturated heterocycles. The maximum absolute atomic E-state index is 11.4. The average molecular weight is 258 g/mol. The van der Waals surface area contributed by atoms with Crippen LogP contribution in [0.1, 0.15) is 32.3 Å². The van der Waals surface area contributed by atoms with Gasteiger partial charge >= 0.3 is 5.69 Å². The monoisotopic (exact) mass is 258 g/mol. The molecule has 1 aromatic heterocycles. The van der Waals surface area contributed by atoms with Gasteiger partial charge in [0, 0.05) is 18.8 Å². The predicted molar refractivity (Wildman–Crippen MR) is 69.7 cm³/mol. The van der Waals surface area contributed by atoms with Gasteiger partial charge in [-0.05, 0) is 19.3 Å². The van der Waals surface area contributed by atoms with E-state index in [9.17, 15) is 9.59 Å². The number of aliphatic hydroxyl groups excluding tert-OH is 2. The van der Waals surface area contributed by atoms with Crippen LogP contribution in [0.4, 0.5) is 0 Å². The molecule has 0 saturated carbocycles. The molecule has 18 heavy (non-hydrogen) atoms. The third-order valence-electron chi connectivity index (χ3n) is 2.38. The van der Waals surface area contributed by atoms with Crippen LogP contribution in [0.15, 0.2) is 15.8 Å². The number of nitrogens with zero attached hydrogens (tertiary/aromatic N) is 1. The summed E-state index contributed by atoms with van der Waals surface area (Å²) < 4.78 is 1.30. The number of aromatic amines is 1. The Labute approximate surface area is 106 Å². The molecule has 0 aliphatic heterocycles. The van der Waals surface area contributed by atoms with Gasteiger partial charge in [0.1, 0.15) is 0 Å². The highest BCUT2D eigenvalue weighted by Crippen LogP contribution is 2.01. The maximum Gasteiger partial charge on any atom is 0.328 e. The predicted octanol–water partition coefficient (Wildman–Crippen LogP) is -0.224. The quantitative estimate of drug-likeness (QED) is 0.680. The fourth-order valence-electron chi connectivity index (χ4n) is 1.41. The number of nitrogens with one attached hydrogen (secondary N) is 1. The van der Waals surface area contributed by atoms with Crippen molar-refractivity contribution in [3.63, 3.8) is 0 Å². The zero-order valence-corrected chi connectivity index (χ0v) is 11.1. The summed E-state index contributed by atoms with van der Waals surface area (Å²) in [5, 5.41) is 17.7. The van der Waals surface area contributed by atoms with Crippen molar-refractivity contribution in [2.75, 3.05) is 6.61 Å². The van der Waals surface area contributed by atoms with Crippen LogP contribution in [0.25, 0.3) is 0 Å². The molecule has 1 rings (SSSR count). The molecule has 0 amide bonds. The number of aromatic nitrogens is 2. The molecule has 0 spiro atoms. The molecule has 1 unspecified atom stereocenters. The fraction of sp³-hybridized carbons (Fsp3) is 0.667. The normalized spacial score (nSPS) is 11.6. The lowest BCUT2D eigenvalue weighted by atomic mass is 10.1. The third kappa shape index (κ3) is 5.29.